The highest BCUT2D eigenvalue weighted by Crippen LogP contribution is 2.21. The molecule has 0 saturated heterocycles. The maximum Gasteiger partial charge on any atom is 0.105 e. The lowest BCUT2D eigenvalue weighted by molar-refractivity contribution is 0.877. The lowest BCUT2D eigenvalue weighted by Gasteiger charge is -2.13. The molecule has 0 spiro atoms. The Morgan fingerprint density at radius 2 is 2.00 bits per heavy atom. The molecule has 0 fully saturated rings. The van der Waals surface area contributed by atoms with Crippen molar-refractivity contribution in [2.24, 2.45) is 4.99 Å². The minimum Gasteiger partial charge on any atom is -0.337 e. The smallest absolute Gasteiger partial charge is 0.105 e. The molecule has 0 amide bonds. The molecule has 1 atom stereocenters. The predicted molar refractivity (Wildman–Crippen MR) is 54.7 cm³/mol. The van der Waals surface area contributed by atoms with Crippen molar-refractivity contribution in [3.8, 4) is 0 Å². The van der Waals surface area contributed by atoms with Crippen LogP contribution in [0.3, 0.4) is 0 Å². The highest BCUT2D eigenvalue weighted by molar-refractivity contribution is 6.30. The van der Waals surface area contributed by atoms with E-state index in [1.54, 1.807) is 6.34 Å². The van der Waals surface area contributed by atoms with E-state index in [1.807, 2.05) is 36.4 Å². The summed E-state index contributed by atoms with van der Waals surface area (Å²) in [7, 11) is 0. The van der Waals surface area contributed by atoms with Gasteiger partial charge in [0, 0.05) is 0 Å². The number of benzene rings is 1. The van der Waals surface area contributed by atoms with Gasteiger partial charge in [-0.1, -0.05) is 41.9 Å². The van der Waals surface area contributed by atoms with Gasteiger partial charge in [0.15, 0.2) is 0 Å². The summed E-state index contributed by atoms with van der Waals surface area (Å²) in [6.45, 7) is 0. The Kier molecular flexibility index (Phi) is 2.32. The first-order valence-corrected chi connectivity index (χ1v) is 4.44. The maximum atomic E-state index is 5.82. The SMILES string of the molecule is ClC1=CC(c2ccccc2)N=CN1. The van der Waals surface area contributed by atoms with Crippen LogP contribution in [-0.2, 0) is 0 Å². The Balaban J connectivity index is 2.27. The molecule has 66 valence electrons. The van der Waals surface area contributed by atoms with Crippen LogP contribution in [0, 0.1) is 0 Å². The monoisotopic (exact) mass is 192 g/mol. The molecule has 13 heavy (non-hydrogen) atoms. The molecule has 0 aliphatic carbocycles. The normalized spacial score (nSPS) is 20.7. The lowest BCUT2D eigenvalue weighted by Crippen LogP contribution is -2.13. The Morgan fingerprint density at radius 1 is 1.23 bits per heavy atom. The van der Waals surface area contributed by atoms with Gasteiger partial charge in [0.1, 0.15) is 5.16 Å². The highest BCUT2D eigenvalue weighted by atomic mass is 35.5. The van der Waals surface area contributed by atoms with Crippen LogP contribution in [0.5, 0.6) is 0 Å². The summed E-state index contributed by atoms with van der Waals surface area (Å²) in [4.78, 5) is 4.25. The molecule has 1 aromatic carbocycles. The minimum absolute atomic E-state index is 0.0509. The average molecular weight is 193 g/mol. The van der Waals surface area contributed by atoms with Gasteiger partial charge in [-0.05, 0) is 11.6 Å². The van der Waals surface area contributed by atoms with E-state index < -0.39 is 0 Å². The van der Waals surface area contributed by atoms with Gasteiger partial charge < -0.3 is 5.32 Å². The fourth-order valence-electron chi connectivity index (χ4n) is 1.24. The number of rotatable bonds is 1. The number of nitrogens with one attached hydrogen (secondary N) is 1. The van der Waals surface area contributed by atoms with E-state index in [4.69, 9.17) is 11.6 Å². The van der Waals surface area contributed by atoms with Crippen LogP contribution in [-0.4, -0.2) is 6.34 Å². The molecule has 2 nitrogen and oxygen atoms in total. The van der Waals surface area contributed by atoms with Crippen molar-refractivity contribution in [3.05, 3.63) is 47.1 Å². The summed E-state index contributed by atoms with van der Waals surface area (Å²) in [6.07, 6.45) is 3.51. The Labute approximate surface area is 81.9 Å². The highest BCUT2D eigenvalue weighted by Gasteiger charge is 2.09. The van der Waals surface area contributed by atoms with E-state index in [0.29, 0.717) is 5.16 Å². The lowest BCUT2D eigenvalue weighted by atomic mass is 10.1. The van der Waals surface area contributed by atoms with Crippen molar-refractivity contribution < 1.29 is 0 Å². The van der Waals surface area contributed by atoms with E-state index in [1.165, 1.54) is 0 Å². The van der Waals surface area contributed by atoms with E-state index in [2.05, 4.69) is 10.3 Å². The molecular formula is C10H9ClN2. The third-order valence-electron chi connectivity index (χ3n) is 1.88. The van der Waals surface area contributed by atoms with Crippen molar-refractivity contribution >= 4 is 17.9 Å². The molecule has 3 heteroatoms. The molecule has 0 bridgehead atoms. The molecule has 0 saturated carbocycles. The third-order valence-corrected chi connectivity index (χ3v) is 2.12. The number of nitrogens with zero attached hydrogens (tertiary/aromatic N) is 1. The van der Waals surface area contributed by atoms with Crippen molar-refractivity contribution in [1.29, 1.82) is 0 Å². The zero-order valence-corrected chi connectivity index (χ0v) is 7.70. The van der Waals surface area contributed by atoms with Crippen LogP contribution in [0.15, 0.2) is 46.6 Å². The van der Waals surface area contributed by atoms with Gasteiger partial charge >= 0.3 is 0 Å². The number of aliphatic imine (C=N–C) groups is 1. The van der Waals surface area contributed by atoms with Crippen LogP contribution in [0.1, 0.15) is 11.6 Å². The van der Waals surface area contributed by atoms with E-state index in [9.17, 15) is 0 Å². The summed E-state index contributed by atoms with van der Waals surface area (Å²) in [6, 6.07) is 10.1. The van der Waals surface area contributed by atoms with Gasteiger partial charge in [-0.25, -0.2) is 0 Å². The molecule has 1 N–H and O–H groups in total. The quantitative estimate of drug-likeness (QED) is 0.680. The third kappa shape index (κ3) is 1.90. The largest absolute Gasteiger partial charge is 0.337 e. The zero-order valence-electron chi connectivity index (χ0n) is 6.94. The first-order valence-electron chi connectivity index (χ1n) is 4.07. The predicted octanol–water partition coefficient (Wildman–Crippen LogP) is 2.44. The number of hydrogen-bond donors (Lipinski definition) is 1. The summed E-state index contributed by atoms with van der Waals surface area (Å²) in [5, 5.41) is 3.45. The van der Waals surface area contributed by atoms with E-state index >= 15 is 0 Å². The Morgan fingerprint density at radius 3 is 2.69 bits per heavy atom. The van der Waals surface area contributed by atoms with Gasteiger partial charge in [-0.3, -0.25) is 4.99 Å². The molecule has 1 aromatic rings. The molecule has 1 heterocycles. The van der Waals surface area contributed by atoms with Gasteiger partial charge in [0.2, 0.25) is 0 Å². The topological polar surface area (TPSA) is 24.4 Å². The van der Waals surface area contributed by atoms with Crippen LogP contribution in [0.4, 0.5) is 0 Å². The Bertz CT molecular complexity index is 343. The fraction of sp³-hybridized carbons (Fsp3) is 0.100. The van der Waals surface area contributed by atoms with Gasteiger partial charge in [-0.2, -0.15) is 0 Å². The molecular weight excluding hydrogens is 184 g/mol. The van der Waals surface area contributed by atoms with Gasteiger partial charge in [0.25, 0.3) is 0 Å². The maximum absolute atomic E-state index is 5.82. The summed E-state index contributed by atoms with van der Waals surface area (Å²) < 4.78 is 0. The molecule has 1 unspecified atom stereocenters. The van der Waals surface area contributed by atoms with Crippen LogP contribution < -0.4 is 5.32 Å². The molecule has 0 radical (unpaired) electrons. The minimum atomic E-state index is 0.0509. The standard InChI is InChI=1S/C10H9ClN2/c11-10-6-9(12-7-13-10)8-4-2-1-3-5-8/h1-7,9H,(H,12,13). The van der Waals surface area contributed by atoms with Crippen molar-refractivity contribution in [3.63, 3.8) is 0 Å². The van der Waals surface area contributed by atoms with Crippen molar-refractivity contribution in [2.75, 3.05) is 0 Å². The second-order valence-corrected chi connectivity index (χ2v) is 3.20. The zero-order chi connectivity index (χ0) is 9.10. The number of hydrogen-bond acceptors (Lipinski definition) is 2. The first-order chi connectivity index (χ1) is 6.36. The summed E-state index contributed by atoms with van der Waals surface area (Å²) in [5.41, 5.74) is 1.15. The first kappa shape index (κ1) is 8.32. The van der Waals surface area contributed by atoms with Crippen molar-refractivity contribution in [2.45, 2.75) is 6.04 Å². The van der Waals surface area contributed by atoms with Gasteiger partial charge in [0.05, 0.1) is 12.4 Å². The second kappa shape index (κ2) is 3.62. The van der Waals surface area contributed by atoms with Crippen molar-refractivity contribution in [1.82, 2.24) is 5.32 Å². The fourth-order valence-corrected chi connectivity index (χ4v) is 1.41. The van der Waals surface area contributed by atoms with Gasteiger partial charge in [-0.15, -0.1) is 0 Å². The van der Waals surface area contributed by atoms with E-state index in [-0.39, 0.29) is 6.04 Å². The average Bonchev–Trinajstić information content (AvgIpc) is 2.19. The summed E-state index contributed by atoms with van der Waals surface area (Å²) >= 11 is 5.82. The molecule has 0 aromatic heterocycles. The van der Waals surface area contributed by atoms with Crippen LogP contribution in [0.25, 0.3) is 0 Å². The van der Waals surface area contributed by atoms with Crippen LogP contribution in [0.2, 0.25) is 0 Å². The molecule has 2 rings (SSSR count). The molecule has 1 aliphatic heterocycles. The van der Waals surface area contributed by atoms with Crippen LogP contribution >= 0.6 is 11.6 Å². The van der Waals surface area contributed by atoms with E-state index in [0.717, 1.165) is 5.56 Å². The Hall–Kier alpha value is -1.28. The molecule has 1 aliphatic rings. The summed E-state index contributed by atoms with van der Waals surface area (Å²) in [5.74, 6) is 0. The number of halogens is 1. The second-order valence-electron chi connectivity index (χ2n) is 2.79.